The number of pyridine rings is 1. The van der Waals surface area contributed by atoms with E-state index < -0.39 is 0 Å². The van der Waals surface area contributed by atoms with Crippen LogP contribution in [0.15, 0.2) is 77.9 Å². The Morgan fingerprint density at radius 3 is 2.54 bits per heavy atom. The predicted octanol–water partition coefficient (Wildman–Crippen LogP) is 7.06. The minimum atomic E-state index is -0.330. The van der Waals surface area contributed by atoms with Crippen molar-refractivity contribution in [3.63, 3.8) is 0 Å². The molecule has 1 heterocycles. The van der Waals surface area contributed by atoms with E-state index in [1.54, 1.807) is 12.1 Å². The van der Waals surface area contributed by atoms with Gasteiger partial charge in [0.25, 0.3) is 5.91 Å². The van der Waals surface area contributed by atoms with Gasteiger partial charge < -0.3 is 4.74 Å². The van der Waals surface area contributed by atoms with Crippen LogP contribution in [0.2, 0.25) is 5.02 Å². The maximum atomic E-state index is 13.3. The van der Waals surface area contributed by atoms with Crippen LogP contribution in [0.4, 0.5) is 0 Å². The Labute approximate surface area is 210 Å². The lowest BCUT2D eigenvalue weighted by Gasteiger charge is -2.11. The molecule has 0 atom stereocenters. The number of carbonyl (C=O) groups excluding carboxylic acids is 1. The molecule has 35 heavy (non-hydrogen) atoms. The molecule has 0 fully saturated rings. The molecular weight excluding hydrogens is 458 g/mol. The fourth-order valence-corrected chi connectivity index (χ4v) is 3.97. The minimum absolute atomic E-state index is 0.330. The second kappa shape index (κ2) is 11.2. The first-order chi connectivity index (χ1) is 17.0. The Morgan fingerprint density at radius 1 is 1.03 bits per heavy atom. The van der Waals surface area contributed by atoms with E-state index in [0.29, 0.717) is 39.5 Å². The fraction of sp³-hybridized carbons (Fsp3) is 0.207. The monoisotopic (exact) mass is 485 g/mol. The van der Waals surface area contributed by atoms with Crippen LogP contribution in [0.5, 0.6) is 5.75 Å². The average Bonchev–Trinajstić information content (AvgIpc) is 2.90. The van der Waals surface area contributed by atoms with Gasteiger partial charge in [0, 0.05) is 16.5 Å². The maximum absolute atomic E-state index is 13.3. The average molecular weight is 486 g/mol. The summed E-state index contributed by atoms with van der Waals surface area (Å²) < 4.78 is 5.71. The van der Waals surface area contributed by atoms with Gasteiger partial charge in [0.05, 0.1) is 34.1 Å². The van der Waals surface area contributed by atoms with Gasteiger partial charge in [-0.05, 0) is 49.6 Å². The molecular formula is C29H28ClN3O2. The minimum Gasteiger partial charge on any atom is -0.494 e. The lowest BCUT2D eigenvalue weighted by Crippen LogP contribution is -2.20. The number of ether oxygens (including phenoxy) is 1. The van der Waals surface area contributed by atoms with Crippen molar-refractivity contribution in [2.45, 2.75) is 33.6 Å². The largest absolute Gasteiger partial charge is 0.494 e. The molecule has 4 rings (SSSR count). The number of fused-ring (bicyclic) bond motifs is 1. The first-order valence-electron chi connectivity index (χ1n) is 11.8. The molecule has 6 heteroatoms. The highest BCUT2D eigenvalue weighted by molar-refractivity contribution is 6.35. The zero-order valence-electron chi connectivity index (χ0n) is 20.1. The third-order valence-corrected chi connectivity index (χ3v) is 6.05. The first kappa shape index (κ1) is 24.4. The predicted molar refractivity (Wildman–Crippen MR) is 143 cm³/mol. The van der Waals surface area contributed by atoms with E-state index in [1.807, 2.05) is 55.5 Å². The second-order valence-corrected chi connectivity index (χ2v) is 8.66. The van der Waals surface area contributed by atoms with Crippen molar-refractivity contribution in [3.8, 4) is 17.0 Å². The Morgan fingerprint density at radius 2 is 1.80 bits per heavy atom. The molecule has 0 bridgehead atoms. The Kier molecular flexibility index (Phi) is 7.78. The topological polar surface area (TPSA) is 63.6 Å². The van der Waals surface area contributed by atoms with Crippen LogP contribution >= 0.6 is 11.6 Å². The number of amides is 1. The summed E-state index contributed by atoms with van der Waals surface area (Å²) in [5.41, 5.74) is 8.13. The molecule has 0 aliphatic rings. The van der Waals surface area contributed by atoms with Crippen LogP contribution < -0.4 is 10.2 Å². The van der Waals surface area contributed by atoms with Crippen LogP contribution in [0, 0.1) is 0 Å². The van der Waals surface area contributed by atoms with Crippen molar-refractivity contribution in [2.24, 2.45) is 5.10 Å². The molecule has 1 amide bonds. The molecule has 5 nitrogen and oxygen atoms in total. The number of aromatic nitrogens is 1. The molecule has 0 saturated heterocycles. The van der Waals surface area contributed by atoms with Crippen molar-refractivity contribution >= 4 is 34.1 Å². The van der Waals surface area contributed by atoms with Gasteiger partial charge in [0.15, 0.2) is 0 Å². The van der Waals surface area contributed by atoms with Crippen molar-refractivity contribution in [3.05, 3.63) is 94.5 Å². The highest BCUT2D eigenvalue weighted by Crippen LogP contribution is 2.29. The summed E-state index contributed by atoms with van der Waals surface area (Å²) in [5.74, 6) is 0.447. The van der Waals surface area contributed by atoms with Gasteiger partial charge in [0.1, 0.15) is 5.75 Å². The molecule has 1 N–H and O–H groups in total. The molecule has 3 aromatic carbocycles. The zero-order valence-corrected chi connectivity index (χ0v) is 20.9. The van der Waals surface area contributed by atoms with Crippen molar-refractivity contribution < 1.29 is 9.53 Å². The number of nitrogens with one attached hydrogen (secondary N) is 1. The number of hydrazone groups is 1. The van der Waals surface area contributed by atoms with Crippen LogP contribution in [0.3, 0.4) is 0 Å². The first-order valence-corrected chi connectivity index (χ1v) is 12.1. The lowest BCUT2D eigenvalue weighted by atomic mass is 10.0. The highest BCUT2D eigenvalue weighted by atomic mass is 35.5. The van der Waals surface area contributed by atoms with E-state index in [4.69, 9.17) is 21.3 Å². The standard InChI is InChI=1S/C29H28ClN3O2/c1-4-16-35-23-9-6-8-22(17-23)19(3)32-33-29(34)25-18-27(21-14-12-20(5-2)13-15-21)31-28-24(25)10-7-11-26(28)30/h6-15,17-18H,4-5,16H2,1-3H3,(H,33,34). The number of nitrogens with zero attached hydrogens (tertiary/aromatic N) is 2. The Hall–Kier alpha value is -3.70. The van der Waals surface area contributed by atoms with Gasteiger partial charge in [0.2, 0.25) is 0 Å². The number of benzene rings is 3. The van der Waals surface area contributed by atoms with E-state index in [9.17, 15) is 4.79 Å². The van der Waals surface area contributed by atoms with Gasteiger partial charge in [-0.3, -0.25) is 4.79 Å². The van der Waals surface area contributed by atoms with Crippen LogP contribution in [-0.4, -0.2) is 23.2 Å². The Balaban J connectivity index is 1.66. The summed E-state index contributed by atoms with van der Waals surface area (Å²) in [6.07, 6.45) is 1.89. The summed E-state index contributed by atoms with van der Waals surface area (Å²) in [6, 6.07) is 23.1. The Bertz CT molecular complexity index is 1380. The summed E-state index contributed by atoms with van der Waals surface area (Å²) in [5, 5.41) is 5.52. The van der Waals surface area contributed by atoms with Gasteiger partial charge >= 0.3 is 0 Å². The molecule has 0 aliphatic carbocycles. The molecule has 4 aromatic rings. The summed E-state index contributed by atoms with van der Waals surface area (Å²) >= 11 is 6.47. The van der Waals surface area contributed by atoms with E-state index in [-0.39, 0.29) is 5.91 Å². The van der Waals surface area contributed by atoms with Gasteiger partial charge in [-0.15, -0.1) is 0 Å². The summed E-state index contributed by atoms with van der Waals surface area (Å²) in [6.45, 7) is 6.68. The van der Waals surface area contributed by atoms with Crippen molar-refractivity contribution in [1.82, 2.24) is 10.4 Å². The number of para-hydroxylation sites is 1. The van der Waals surface area contributed by atoms with Crippen LogP contribution in [-0.2, 0) is 6.42 Å². The molecule has 0 radical (unpaired) electrons. The third kappa shape index (κ3) is 5.69. The van der Waals surface area contributed by atoms with Crippen molar-refractivity contribution in [2.75, 3.05) is 6.61 Å². The van der Waals surface area contributed by atoms with E-state index in [2.05, 4.69) is 36.5 Å². The van der Waals surface area contributed by atoms with Crippen LogP contribution in [0.1, 0.15) is 48.7 Å². The molecule has 0 unspecified atom stereocenters. The number of aryl methyl sites for hydroxylation is 1. The van der Waals surface area contributed by atoms with Gasteiger partial charge in [-0.25, -0.2) is 10.4 Å². The number of carbonyl (C=O) groups is 1. The number of halogens is 1. The number of rotatable bonds is 8. The molecule has 1 aromatic heterocycles. The SMILES string of the molecule is CCCOc1cccc(C(C)=NNC(=O)c2cc(-c3ccc(CC)cc3)nc3c(Cl)cccc23)c1. The number of hydrogen-bond acceptors (Lipinski definition) is 4. The molecule has 178 valence electrons. The molecule has 0 aliphatic heterocycles. The van der Waals surface area contributed by atoms with E-state index >= 15 is 0 Å². The molecule has 0 saturated carbocycles. The maximum Gasteiger partial charge on any atom is 0.272 e. The number of hydrogen-bond donors (Lipinski definition) is 1. The van der Waals surface area contributed by atoms with Gasteiger partial charge in [-0.1, -0.05) is 74.0 Å². The summed E-state index contributed by atoms with van der Waals surface area (Å²) in [4.78, 5) is 18.0. The zero-order chi connectivity index (χ0) is 24.8. The van der Waals surface area contributed by atoms with Crippen LogP contribution in [0.25, 0.3) is 22.2 Å². The fourth-order valence-electron chi connectivity index (χ4n) is 3.75. The second-order valence-electron chi connectivity index (χ2n) is 8.26. The smallest absolute Gasteiger partial charge is 0.272 e. The van der Waals surface area contributed by atoms with Gasteiger partial charge in [-0.2, -0.15) is 5.10 Å². The normalized spacial score (nSPS) is 11.5. The van der Waals surface area contributed by atoms with Crippen molar-refractivity contribution in [1.29, 1.82) is 0 Å². The molecule has 0 spiro atoms. The lowest BCUT2D eigenvalue weighted by molar-refractivity contribution is 0.0956. The quantitative estimate of drug-likeness (QED) is 0.214. The third-order valence-electron chi connectivity index (χ3n) is 5.74. The summed E-state index contributed by atoms with van der Waals surface area (Å²) in [7, 11) is 0. The highest BCUT2D eigenvalue weighted by Gasteiger charge is 2.16. The van der Waals surface area contributed by atoms with E-state index in [1.165, 1.54) is 5.56 Å². The van der Waals surface area contributed by atoms with E-state index in [0.717, 1.165) is 29.7 Å².